The number of ether oxygens (including phenoxy) is 1. The zero-order chi connectivity index (χ0) is 13.6. The Labute approximate surface area is 110 Å². The van der Waals surface area contributed by atoms with Gasteiger partial charge in [-0.1, -0.05) is 13.8 Å². The highest BCUT2D eigenvalue weighted by Gasteiger charge is 2.35. The summed E-state index contributed by atoms with van der Waals surface area (Å²) in [6.07, 6.45) is 3.74. The third kappa shape index (κ3) is 3.10. The SMILES string of the molecule is CCCn1nccc1C(NN)C(C)(CC)OCC. The molecule has 0 aliphatic carbocycles. The number of aromatic nitrogens is 2. The molecule has 0 amide bonds. The Morgan fingerprint density at radius 3 is 2.72 bits per heavy atom. The Hall–Kier alpha value is -0.910. The van der Waals surface area contributed by atoms with Gasteiger partial charge in [-0.25, -0.2) is 5.43 Å². The topological polar surface area (TPSA) is 65.1 Å². The van der Waals surface area contributed by atoms with Gasteiger partial charge in [-0.2, -0.15) is 5.10 Å². The van der Waals surface area contributed by atoms with Crippen molar-refractivity contribution in [3.05, 3.63) is 18.0 Å². The first-order chi connectivity index (χ1) is 8.62. The van der Waals surface area contributed by atoms with Crippen molar-refractivity contribution < 1.29 is 4.74 Å². The second-order valence-corrected chi connectivity index (χ2v) is 4.68. The van der Waals surface area contributed by atoms with Gasteiger partial charge in [-0.15, -0.1) is 0 Å². The van der Waals surface area contributed by atoms with E-state index >= 15 is 0 Å². The molecule has 0 aliphatic rings. The molecule has 0 fully saturated rings. The quantitative estimate of drug-likeness (QED) is 0.550. The average molecular weight is 254 g/mol. The Kier molecular flexibility index (Phi) is 5.78. The monoisotopic (exact) mass is 254 g/mol. The van der Waals surface area contributed by atoms with Crippen LogP contribution >= 0.6 is 0 Å². The zero-order valence-corrected chi connectivity index (χ0v) is 11.9. The third-order valence-electron chi connectivity index (χ3n) is 3.43. The number of aryl methyl sites for hydroxylation is 1. The second-order valence-electron chi connectivity index (χ2n) is 4.68. The summed E-state index contributed by atoms with van der Waals surface area (Å²) in [4.78, 5) is 0. The highest BCUT2D eigenvalue weighted by Crippen LogP contribution is 2.31. The van der Waals surface area contributed by atoms with Crippen molar-refractivity contribution in [1.29, 1.82) is 0 Å². The summed E-state index contributed by atoms with van der Waals surface area (Å²) in [5.41, 5.74) is 3.65. The molecule has 0 spiro atoms. The van der Waals surface area contributed by atoms with Crippen LogP contribution in [0.25, 0.3) is 0 Å². The van der Waals surface area contributed by atoms with Crippen LogP contribution in [0.1, 0.15) is 52.3 Å². The average Bonchev–Trinajstić information content (AvgIpc) is 2.79. The molecule has 2 atom stereocenters. The Morgan fingerprint density at radius 1 is 1.50 bits per heavy atom. The lowest BCUT2D eigenvalue weighted by atomic mass is 9.91. The molecule has 0 aromatic carbocycles. The van der Waals surface area contributed by atoms with Crippen LogP contribution < -0.4 is 11.3 Å². The molecule has 0 saturated heterocycles. The molecule has 5 heteroatoms. The van der Waals surface area contributed by atoms with Crippen LogP contribution in [0, 0.1) is 0 Å². The summed E-state index contributed by atoms with van der Waals surface area (Å²) in [5.74, 6) is 5.75. The number of nitrogens with zero attached hydrogens (tertiary/aromatic N) is 2. The maximum atomic E-state index is 5.90. The van der Waals surface area contributed by atoms with Crippen molar-refractivity contribution in [1.82, 2.24) is 15.2 Å². The van der Waals surface area contributed by atoms with Gasteiger partial charge in [0.05, 0.1) is 17.3 Å². The van der Waals surface area contributed by atoms with E-state index in [2.05, 4.69) is 31.3 Å². The van der Waals surface area contributed by atoms with Gasteiger partial charge in [0.2, 0.25) is 0 Å². The van der Waals surface area contributed by atoms with Crippen molar-refractivity contribution in [3.63, 3.8) is 0 Å². The maximum absolute atomic E-state index is 5.90. The van der Waals surface area contributed by atoms with Crippen LogP contribution in [0.5, 0.6) is 0 Å². The normalized spacial score (nSPS) is 16.5. The molecule has 1 aromatic rings. The molecule has 0 radical (unpaired) electrons. The van der Waals surface area contributed by atoms with Gasteiger partial charge in [0.15, 0.2) is 0 Å². The summed E-state index contributed by atoms with van der Waals surface area (Å²) in [7, 11) is 0. The first kappa shape index (κ1) is 15.1. The van der Waals surface area contributed by atoms with Crippen molar-refractivity contribution in [2.75, 3.05) is 6.61 Å². The lowest BCUT2D eigenvalue weighted by Gasteiger charge is -2.36. The zero-order valence-electron chi connectivity index (χ0n) is 11.9. The molecule has 2 unspecified atom stereocenters. The highest BCUT2D eigenvalue weighted by atomic mass is 16.5. The van der Waals surface area contributed by atoms with Crippen molar-refractivity contribution in [3.8, 4) is 0 Å². The van der Waals surface area contributed by atoms with Crippen molar-refractivity contribution in [2.45, 2.75) is 58.7 Å². The summed E-state index contributed by atoms with van der Waals surface area (Å²) < 4.78 is 7.90. The van der Waals surface area contributed by atoms with E-state index in [1.165, 1.54) is 0 Å². The van der Waals surface area contributed by atoms with E-state index < -0.39 is 0 Å². The Balaban J connectivity index is 3.03. The predicted octanol–water partition coefficient (Wildman–Crippen LogP) is 2.00. The smallest absolute Gasteiger partial charge is 0.0915 e. The molecular formula is C13H26N4O. The van der Waals surface area contributed by atoms with Gasteiger partial charge in [-0.05, 0) is 32.8 Å². The number of hydrazine groups is 1. The third-order valence-corrected chi connectivity index (χ3v) is 3.43. The standard InChI is InChI=1S/C13H26N4O/c1-5-10-17-11(8-9-15-17)12(16-14)13(4,6-2)18-7-3/h8-9,12,16H,5-7,10,14H2,1-4H3. The second kappa shape index (κ2) is 6.87. The van der Waals surface area contributed by atoms with Gasteiger partial charge in [0.25, 0.3) is 0 Å². The fraction of sp³-hybridized carbons (Fsp3) is 0.769. The maximum Gasteiger partial charge on any atom is 0.0915 e. The largest absolute Gasteiger partial charge is 0.373 e. The van der Waals surface area contributed by atoms with Crippen LogP contribution in [-0.4, -0.2) is 22.0 Å². The lowest BCUT2D eigenvalue weighted by molar-refractivity contribution is -0.0583. The summed E-state index contributed by atoms with van der Waals surface area (Å²) in [6, 6.07) is 1.95. The summed E-state index contributed by atoms with van der Waals surface area (Å²) in [6.45, 7) is 9.91. The molecule has 3 N–H and O–H groups in total. The summed E-state index contributed by atoms with van der Waals surface area (Å²) >= 11 is 0. The van der Waals surface area contributed by atoms with Gasteiger partial charge in [-0.3, -0.25) is 10.5 Å². The van der Waals surface area contributed by atoms with E-state index in [0.29, 0.717) is 6.61 Å². The number of rotatable bonds is 8. The predicted molar refractivity (Wildman–Crippen MR) is 72.9 cm³/mol. The fourth-order valence-electron chi connectivity index (χ4n) is 2.28. The minimum absolute atomic E-state index is 0.0588. The fourth-order valence-corrected chi connectivity index (χ4v) is 2.28. The molecule has 1 rings (SSSR count). The van der Waals surface area contributed by atoms with E-state index in [0.717, 1.165) is 25.1 Å². The van der Waals surface area contributed by atoms with Crippen LogP contribution in [0.2, 0.25) is 0 Å². The lowest BCUT2D eigenvalue weighted by Crippen LogP contribution is -2.47. The molecule has 0 bridgehead atoms. The molecular weight excluding hydrogens is 228 g/mol. The van der Waals surface area contributed by atoms with Crippen molar-refractivity contribution in [2.24, 2.45) is 5.84 Å². The van der Waals surface area contributed by atoms with E-state index in [4.69, 9.17) is 10.6 Å². The molecule has 0 aliphatic heterocycles. The molecule has 1 heterocycles. The van der Waals surface area contributed by atoms with E-state index in [1.807, 2.05) is 23.9 Å². The number of hydrogen-bond acceptors (Lipinski definition) is 4. The molecule has 1 aromatic heterocycles. The number of nitrogens with one attached hydrogen (secondary N) is 1. The Bertz CT molecular complexity index is 353. The van der Waals surface area contributed by atoms with Gasteiger partial charge in [0.1, 0.15) is 0 Å². The first-order valence-electron chi connectivity index (χ1n) is 6.74. The van der Waals surface area contributed by atoms with Gasteiger partial charge < -0.3 is 4.74 Å². The van der Waals surface area contributed by atoms with Gasteiger partial charge >= 0.3 is 0 Å². The van der Waals surface area contributed by atoms with Crippen LogP contribution in [0.4, 0.5) is 0 Å². The molecule has 18 heavy (non-hydrogen) atoms. The minimum Gasteiger partial charge on any atom is -0.373 e. The van der Waals surface area contributed by atoms with Crippen LogP contribution in [0.3, 0.4) is 0 Å². The highest BCUT2D eigenvalue weighted by molar-refractivity contribution is 5.12. The molecule has 5 nitrogen and oxygen atoms in total. The number of hydrogen-bond donors (Lipinski definition) is 2. The summed E-state index contributed by atoms with van der Waals surface area (Å²) in [5, 5.41) is 4.35. The molecule has 0 saturated carbocycles. The van der Waals surface area contributed by atoms with E-state index in [9.17, 15) is 0 Å². The van der Waals surface area contributed by atoms with E-state index in [-0.39, 0.29) is 11.6 Å². The Morgan fingerprint density at radius 2 is 2.22 bits per heavy atom. The van der Waals surface area contributed by atoms with Crippen molar-refractivity contribution >= 4 is 0 Å². The minimum atomic E-state index is -0.324. The van der Waals surface area contributed by atoms with Crippen LogP contribution in [-0.2, 0) is 11.3 Å². The molecule has 104 valence electrons. The van der Waals surface area contributed by atoms with Gasteiger partial charge in [0, 0.05) is 19.3 Å². The van der Waals surface area contributed by atoms with Crippen LogP contribution in [0.15, 0.2) is 12.3 Å². The first-order valence-corrected chi connectivity index (χ1v) is 6.74. The van der Waals surface area contributed by atoms with E-state index in [1.54, 1.807) is 0 Å². The number of nitrogens with two attached hydrogens (primary N) is 1.